The predicted octanol–water partition coefficient (Wildman–Crippen LogP) is 3.76. The lowest BCUT2D eigenvalue weighted by Crippen LogP contribution is -2.40. The van der Waals surface area contributed by atoms with Crippen LogP contribution in [0.5, 0.6) is 0 Å². The van der Waals surface area contributed by atoms with E-state index in [0.29, 0.717) is 0 Å². The van der Waals surface area contributed by atoms with Gasteiger partial charge in [-0.2, -0.15) is 0 Å². The number of anilines is 1. The second-order valence-electron chi connectivity index (χ2n) is 5.90. The van der Waals surface area contributed by atoms with Gasteiger partial charge in [0.15, 0.2) is 0 Å². The van der Waals surface area contributed by atoms with Crippen molar-refractivity contribution in [1.29, 1.82) is 0 Å². The van der Waals surface area contributed by atoms with Crippen molar-refractivity contribution >= 4 is 43.4 Å². The SMILES string of the molecule is CN1c2ccc(S(=O)(=O)NC3CCC(F)(F)CC3)cc2SC1Br. The molecule has 1 aromatic carbocycles. The normalized spacial score (nSPS) is 24.7. The molecule has 0 bridgehead atoms. The molecule has 23 heavy (non-hydrogen) atoms. The molecule has 1 fully saturated rings. The third kappa shape index (κ3) is 3.67. The van der Waals surface area contributed by atoms with Crippen LogP contribution in [0.4, 0.5) is 14.5 Å². The Balaban J connectivity index is 1.75. The number of nitrogens with zero attached hydrogens (tertiary/aromatic N) is 1. The van der Waals surface area contributed by atoms with E-state index in [1.54, 1.807) is 18.2 Å². The molecular formula is C14H17BrF2N2O2S2. The molecule has 1 aromatic rings. The Morgan fingerprint density at radius 3 is 2.65 bits per heavy atom. The number of hydrogen-bond acceptors (Lipinski definition) is 4. The number of fused-ring (bicyclic) bond motifs is 1. The van der Waals surface area contributed by atoms with Crippen molar-refractivity contribution < 1.29 is 17.2 Å². The van der Waals surface area contributed by atoms with Crippen molar-refractivity contribution in [3.8, 4) is 0 Å². The highest BCUT2D eigenvalue weighted by molar-refractivity contribution is 9.11. The van der Waals surface area contributed by atoms with Gasteiger partial charge < -0.3 is 4.90 Å². The maximum Gasteiger partial charge on any atom is 0.248 e. The second kappa shape index (κ2) is 6.16. The van der Waals surface area contributed by atoms with Crippen LogP contribution in [0.3, 0.4) is 0 Å². The fourth-order valence-corrected chi connectivity index (χ4v) is 6.03. The molecule has 2 aliphatic rings. The van der Waals surface area contributed by atoms with E-state index in [-0.39, 0.29) is 34.9 Å². The van der Waals surface area contributed by atoms with Crippen molar-refractivity contribution in [3.05, 3.63) is 18.2 Å². The number of hydrogen-bond donors (Lipinski definition) is 1. The third-order valence-corrected chi connectivity index (χ3v) is 7.97. The minimum Gasteiger partial charge on any atom is -0.352 e. The number of rotatable bonds is 3. The van der Waals surface area contributed by atoms with Crippen LogP contribution in [0, 0.1) is 0 Å². The molecular weight excluding hydrogens is 410 g/mol. The first kappa shape index (κ1) is 17.4. The highest BCUT2D eigenvalue weighted by Gasteiger charge is 2.36. The zero-order valence-electron chi connectivity index (χ0n) is 12.4. The molecule has 3 rings (SSSR count). The smallest absolute Gasteiger partial charge is 0.248 e. The molecule has 1 N–H and O–H groups in total. The average Bonchev–Trinajstić information content (AvgIpc) is 2.76. The van der Waals surface area contributed by atoms with Gasteiger partial charge in [-0.3, -0.25) is 0 Å². The number of nitrogens with one attached hydrogen (secondary N) is 1. The summed E-state index contributed by atoms with van der Waals surface area (Å²) in [6.07, 6.45) is -0.206. The number of thioether (sulfide) groups is 1. The van der Waals surface area contributed by atoms with Crippen molar-refractivity contribution in [2.24, 2.45) is 0 Å². The quantitative estimate of drug-likeness (QED) is 0.590. The largest absolute Gasteiger partial charge is 0.352 e. The minimum absolute atomic E-state index is 0.0731. The van der Waals surface area contributed by atoms with E-state index in [1.165, 1.54) is 11.8 Å². The van der Waals surface area contributed by atoms with Crippen LogP contribution < -0.4 is 9.62 Å². The molecule has 1 saturated carbocycles. The van der Waals surface area contributed by atoms with E-state index in [9.17, 15) is 17.2 Å². The molecule has 1 aliphatic carbocycles. The van der Waals surface area contributed by atoms with Gasteiger partial charge in [0.05, 0.1) is 10.6 Å². The molecule has 9 heteroatoms. The van der Waals surface area contributed by atoms with Gasteiger partial charge in [0.25, 0.3) is 0 Å². The molecule has 1 unspecified atom stereocenters. The Hall–Kier alpha value is -0.380. The van der Waals surface area contributed by atoms with Crippen molar-refractivity contribution in [2.45, 2.75) is 51.7 Å². The Bertz CT molecular complexity index is 705. The highest BCUT2D eigenvalue weighted by Crippen LogP contribution is 2.45. The maximum atomic E-state index is 13.2. The summed E-state index contributed by atoms with van der Waals surface area (Å²) in [5.41, 5.74) is 0.966. The van der Waals surface area contributed by atoms with Crippen LogP contribution >= 0.6 is 27.7 Å². The van der Waals surface area contributed by atoms with Crippen molar-refractivity contribution in [1.82, 2.24) is 4.72 Å². The van der Waals surface area contributed by atoms with Gasteiger partial charge in [-0.15, -0.1) is 0 Å². The van der Waals surface area contributed by atoms with Gasteiger partial charge in [-0.25, -0.2) is 21.9 Å². The van der Waals surface area contributed by atoms with Crippen LogP contribution in [0.25, 0.3) is 0 Å². The zero-order chi connectivity index (χ0) is 16.8. The summed E-state index contributed by atoms with van der Waals surface area (Å²) < 4.78 is 54.0. The average molecular weight is 427 g/mol. The Kier molecular flexibility index (Phi) is 4.67. The molecule has 0 saturated heterocycles. The zero-order valence-corrected chi connectivity index (χ0v) is 15.6. The topological polar surface area (TPSA) is 49.4 Å². The fourth-order valence-electron chi connectivity index (χ4n) is 2.79. The molecule has 4 nitrogen and oxygen atoms in total. The van der Waals surface area contributed by atoms with Crippen LogP contribution in [-0.4, -0.2) is 31.7 Å². The Labute approximate surface area is 147 Å². The summed E-state index contributed by atoms with van der Waals surface area (Å²) in [5.74, 6) is -2.67. The highest BCUT2D eigenvalue weighted by atomic mass is 79.9. The molecule has 0 aromatic heterocycles. The molecule has 1 atom stereocenters. The van der Waals surface area contributed by atoms with Gasteiger partial charge in [-0.1, -0.05) is 27.7 Å². The molecule has 128 valence electrons. The molecule has 1 aliphatic heterocycles. The van der Waals surface area contributed by atoms with Crippen LogP contribution in [0.1, 0.15) is 25.7 Å². The van der Waals surface area contributed by atoms with E-state index in [0.717, 1.165) is 10.6 Å². The van der Waals surface area contributed by atoms with E-state index in [1.807, 2.05) is 11.9 Å². The van der Waals surface area contributed by atoms with E-state index in [2.05, 4.69) is 20.7 Å². The first-order chi connectivity index (χ1) is 10.7. The number of halogens is 3. The van der Waals surface area contributed by atoms with Gasteiger partial charge in [0.2, 0.25) is 15.9 Å². The lowest BCUT2D eigenvalue weighted by molar-refractivity contribution is -0.0387. The van der Waals surface area contributed by atoms with Crippen molar-refractivity contribution in [2.75, 3.05) is 11.9 Å². The summed E-state index contributed by atoms with van der Waals surface area (Å²) in [6, 6.07) is 4.54. The second-order valence-corrected chi connectivity index (χ2v) is 10.2. The first-order valence-corrected chi connectivity index (χ1v) is 10.5. The van der Waals surface area contributed by atoms with Crippen molar-refractivity contribution in [3.63, 3.8) is 0 Å². The Morgan fingerprint density at radius 1 is 1.35 bits per heavy atom. The summed E-state index contributed by atoms with van der Waals surface area (Å²) >= 11 is 5.03. The third-order valence-electron chi connectivity index (χ3n) is 4.19. The van der Waals surface area contributed by atoms with E-state index < -0.39 is 22.0 Å². The number of alkyl halides is 3. The summed E-state index contributed by atoms with van der Waals surface area (Å²) in [5, 5.41) is 0. The van der Waals surface area contributed by atoms with Gasteiger partial charge >= 0.3 is 0 Å². The lowest BCUT2D eigenvalue weighted by atomic mass is 9.93. The molecule has 1 heterocycles. The van der Waals surface area contributed by atoms with Gasteiger partial charge in [0.1, 0.15) is 4.28 Å². The molecule has 0 amide bonds. The number of benzene rings is 1. The molecule has 0 radical (unpaired) electrons. The number of sulfonamides is 1. The van der Waals surface area contributed by atoms with Gasteiger partial charge in [-0.05, 0) is 31.0 Å². The lowest BCUT2D eigenvalue weighted by Gasteiger charge is -2.28. The van der Waals surface area contributed by atoms with E-state index >= 15 is 0 Å². The van der Waals surface area contributed by atoms with Crippen LogP contribution in [0.15, 0.2) is 28.0 Å². The van der Waals surface area contributed by atoms with Crippen LogP contribution in [-0.2, 0) is 10.0 Å². The monoisotopic (exact) mass is 426 g/mol. The minimum atomic E-state index is -3.70. The summed E-state index contributed by atoms with van der Waals surface area (Å²) in [7, 11) is -1.77. The first-order valence-electron chi connectivity index (χ1n) is 7.26. The maximum absolute atomic E-state index is 13.2. The molecule has 0 spiro atoms. The van der Waals surface area contributed by atoms with Gasteiger partial charge in [0, 0.05) is 30.8 Å². The predicted molar refractivity (Wildman–Crippen MR) is 90.9 cm³/mol. The van der Waals surface area contributed by atoms with E-state index in [4.69, 9.17) is 0 Å². The standard InChI is InChI=1S/C14H17BrF2N2O2S2/c1-19-11-3-2-10(8-12(11)22-13(19)15)23(20,21)18-9-4-6-14(16,17)7-5-9/h2-3,8-9,13,18H,4-7H2,1H3. The fraction of sp³-hybridized carbons (Fsp3) is 0.571. The Morgan fingerprint density at radius 2 is 2.00 bits per heavy atom. The summed E-state index contributed by atoms with van der Waals surface area (Å²) in [4.78, 5) is 3.07. The van der Waals surface area contributed by atoms with Crippen LogP contribution in [0.2, 0.25) is 0 Å². The summed E-state index contributed by atoms with van der Waals surface area (Å²) in [6.45, 7) is 0.